The van der Waals surface area contributed by atoms with E-state index >= 15 is 0 Å². The second kappa shape index (κ2) is 6.26. The van der Waals surface area contributed by atoms with Crippen molar-refractivity contribution < 1.29 is 0 Å². The zero-order valence-corrected chi connectivity index (χ0v) is 15.0. The summed E-state index contributed by atoms with van der Waals surface area (Å²) in [5.74, 6) is 0. The predicted octanol–water partition coefficient (Wildman–Crippen LogP) is 4.66. The van der Waals surface area contributed by atoms with Crippen LogP contribution in [0.1, 0.15) is 22.5 Å². The van der Waals surface area contributed by atoms with Crippen molar-refractivity contribution in [2.24, 2.45) is 0 Å². The van der Waals surface area contributed by atoms with Gasteiger partial charge in [-0.3, -0.25) is 10.1 Å². The average molecular weight is 346 g/mol. The first-order chi connectivity index (χ1) is 12.1. The van der Waals surface area contributed by atoms with E-state index in [1.807, 2.05) is 48.7 Å². The Morgan fingerprint density at radius 3 is 2.48 bits per heavy atom. The van der Waals surface area contributed by atoms with E-state index < -0.39 is 0 Å². The molecule has 0 saturated heterocycles. The van der Waals surface area contributed by atoms with Gasteiger partial charge in [-0.1, -0.05) is 42.5 Å². The Kier molecular flexibility index (Phi) is 3.93. The van der Waals surface area contributed by atoms with Crippen molar-refractivity contribution in [3.05, 3.63) is 82.0 Å². The van der Waals surface area contributed by atoms with Gasteiger partial charge in [0.2, 0.25) is 0 Å². The summed E-state index contributed by atoms with van der Waals surface area (Å²) in [6, 6.07) is 14.3. The first-order valence-electron chi connectivity index (χ1n) is 8.20. The average Bonchev–Trinajstić information content (AvgIpc) is 2.96. The van der Waals surface area contributed by atoms with Crippen LogP contribution in [0.3, 0.4) is 0 Å². The van der Waals surface area contributed by atoms with Gasteiger partial charge >= 0.3 is 0 Å². The van der Waals surface area contributed by atoms with Crippen molar-refractivity contribution in [1.29, 1.82) is 0 Å². The number of nitrogens with one attached hydrogen (secondary N) is 1. The van der Waals surface area contributed by atoms with E-state index in [1.54, 1.807) is 12.4 Å². The van der Waals surface area contributed by atoms with Crippen LogP contribution in [0.4, 0.5) is 0 Å². The molecule has 124 valence electrons. The first-order valence-corrected chi connectivity index (χ1v) is 8.61. The number of hydrogen-bond acceptors (Lipinski definition) is 3. The number of aromatic amines is 1. The fourth-order valence-corrected chi connectivity index (χ4v) is 3.54. The van der Waals surface area contributed by atoms with Gasteiger partial charge in [0.1, 0.15) is 4.64 Å². The Balaban J connectivity index is 1.91. The fourth-order valence-electron chi connectivity index (χ4n) is 3.19. The summed E-state index contributed by atoms with van der Waals surface area (Å²) in [6.07, 6.45) is 4.37. The van der Waals surface area contributed by atoms with E-state index in [1.165, 1.54) is 5.56 Å². The summed E-state index contributed by atoms with van der Waals surface area (Å²) in [5.41, 5.74) is 7.36. The number of hydrogen-bond donors (Lipinski definition) is 1. The number of nitrogens with zero attached hydrogens (tertiary/aromatic N) is 3. The zero-order chi connectivity index (χ0) is 17.4. The van der Waals surface area contributed by atoms with Crippen LogP contribution in [0, 0.1) is 18.5 Å². The normalized spacial score (nSPS) is 11.1. The second-order valence-corrected chi connectivity index (χ2v) is 6.54. The highest BCUT2D eigenvalue weighted by molar-refractivity contribution is 7.71. The van der Waals surface area contributed by atoms with E-state index in [0.29, 0.717) is 0 Å². The number of benzene rings is 1. The van der Waals surface area contributed by atoms with Crippen molar-refractivity contribution in [2.75, 3.05) is 0 Å². The lowest BCUT2D eigenvalue weighted by Crippen LogP contribution is -2.03. The molecule has 1 aromatic carbocycles. The van der Waals surface area contributed by atoms with Crippen LogP contribution in [0.25, 0.3) is 16.8 Å². The molecule has 4 nitrogen and oxygen atoms in total. The lowest BCUT2D eigenvalue weighted by atomic mass is 10.0. The van der Waals surface area contributed by atoms with Gasteiger partial charge in [-0.15, -0.1) is 0 Å². The highest BCUT2D eigenvalue weighted by atomic mass is 32.1. The Bertz CT molecular complexity index is 1100. The Morgan fingerprint density at radius 2 is 1.76 bits per heavy atom. The van der Waals surface area contributed by atoms with Crippen LogP contribution in [-0.4, -0.2) is 19.6 Å². The lowest BCUT2D eigenvalue weighted by Gasteiger charge is -2.08. The van der Waals surface area contributed by atoms with Gasteiger partial charge in [-0.05, 0) is 37.1 Å². The largest absolute Gasteiger partial charge is 0.295 e. The quantitative estimate of drug-likeness (QED) is 0.549. The third-order valence-electron chi connectivity index (χ3n) is 4.45. The van der Waals surface area contributed by atoms with Gasteiger partial charge in [0, 0.05) is 41.3 Å². The highest BCUT2D eigenvalue weighted by Gasteiger charge is 2.16. The Labute approximate surface area is 151 Å². The summed E-state index contributed by atoms with van der Waals surface area (Å²) in [4.78, 5) is 8.98. The third-order valence-corrected chi connectivity index (χ3v) is 4.88. The highest BCUT2D eigenvalue weighted by Crippen LogP contribution is 2.28. The summed E-state index contributed by atoms with van der Waals surface area (Å²) in [7, 11) is 0. The molecule has 5 heteroatoms. The van der Waals surface area contributed by atoms with Gasteiger partial charge in [0.15, 0.2) is 5.65 Å². The minimum Gasteiger partial charge on any atom is -0.295 e. The van der Waals surface area contributed by atoms with Crippen LogP contribution < -0.4 is 0 Å². The van der Waals surface area contributed by atoms with Gasteiger partial charge in [-0.25, -0.2) is 9.50 Å². The minimum atomic E-state index is 0.782. The topological polar surface area (TPSA) is 46.0 Å². The molecule has 0 saturated carbocycles. The van der Waals surface area contributed by atoms with E-state index in [2.05, 4.69) is 22.2 Å². The molecule has 0 amide bonds. The second-order valence-electron chi connectivity index (χ2n) is 6.15. The van der Waals surface area contributed by atoms with Gasteiger partial charge in [-0.2, -0.15) is 0 Å². The summed E-state index contributed by atoms with van der Waals surface area (Å²) in [6.45, 7) is 4.08. The van der Waals surface area contributed by atoms with Crippen LogP contribution in [0.5, 0.6) is 0 Å². The SMILES string of the molecule is Cc1nc2c(-c3ccncc3)c(C)[nH]n2c(=S)c1Cc1ccccc1. The summed E-state index contributed by atoms with van der Waals surface area (Å²) < 4.78 is 2.71. The molecule has 4 aromatic rings. The van der Waals surface area contributed by atoms with Gasteiger partial charge < -0.3 is 0 Å². The molecular formula is C20H18N4S. The molecule has 0 fully saturated rings. The molecule has 0 atom stereocenters. The molecule has 0 aliphatic carbocycles. The van der Waals surface area contributed by atoms with Crippen LogP contribution in [0.2, 0.25) is 0 Å². The maximum absolute atomic E-state index is 5.78. The lowest BCUT2D eigenvalue weighted by molar-refractivity contribution is 0.871. The zero-order valence-electron chi connectivity index (χ0n) is 14.2. The fraction of sp³-hybridized carbons (Fsp3) is 0.150. The molecule has 0 radical (unpaired) electrons. The smallest absolute Gasteiger partial charge is 0.162 e. The van der Waals surface area contributed by atoms with Crippen LogP contribution in [-0.2, 0) is 6.42 Å². The summed E-state index contributed by atoms with van der Waals surface area (Å²) >= 11 is 5.78. The van der Waals surface area contributed by atoms with Crippen molar-refractivity contribution in [3.8, 4) is 11.1 Å². The molecule has 0 bridgehead atoms. The van der Waals surface area contributed by atoms with E-state index in [-0.39, 0.29) is 0 Å². The molecule has 3 heterocycles. The van der Waals surface area contributed by atoms with Gasteiger partial charge in [0.05, 0.1) is 0 Å². The predicted molar refractivity (Wildman–Crippen MR) is 102 cm³/mol. The molecule has 25 heavy (non-hydrogen) atoms. The van der Waals surface area contributed by atoms with Crippen LogP contribution >= 0.6 is 12.2 Å². The van der Waals surface area contributed by atoms with Crippen molar-refractivity contribution in [2.45, 2.75) is 20.3 Å². The van der Waals surface area contributed by atoms with E-state index in [4.69, 9.17) is 17.2 Å². The molecule has 0 unspecified atom stereocenters. The number of aromatic nitrogens is 4. The van der Waals surface area contributed by atoms with Gasteiger partial charge in [0.25, 0.3) is 0 Å². The number of aryl methyl sites for hydroxylation is 2. The number of fused-ring (bicyclic) bond motifs is 1. The van der Waals surface area contributed by atoms with Crippen molar-refractivity contribution in [3.63, 3.8) is 0 Å². The monoisotopic (exact) mass is 346 g/mol. The number of rotatable bonds is 3. The molecule has 0 aliphatic heterocycles. The number of H-pyrrole nitrogens is 1. The first kappa shape index (κ1) is 15.7. The maximum Gasteiger partial charge on any atom is 0.162 e. The Hall–Kier alpha value is -2.79. The molecule has 0 aliphatic rings. The van der Waals surface area contributed by atoms with E-state index in [9.17, 15) is 0 Å². The third kappa shape index (κ3) is 2.76. The van der Waals surface area contributed by atoms with Crippen LogP contribution in [0.15, 0.2) is 54.9 Å². The molecule has 1 N–H and O–H groups in total. The van der Waals surface area contributed by atoms with E-state index in [0.717, 1.165) is 44.8 Å². The summed E-state index contributed by atoms with van der Waals surface area (Å²) in [5, 5.41) is 3.38. The molecule has 3 aromatic heterocycles. The van der Waals surface area contributed by atoms with Crippen molar-refractivity contribution in [1.82, 2.24) is 19.6 Å². The molecule has 0 spiro atoms. The standard InChI is InChI=1S/C20H18N4S/c1-13-17(12-15-6-4-3-5-7-15)20(25)24-19(22-13)18(14(2)23-24)16-8-10-21-11-9-16/h3-11,23H,12H2,1-2H3. The number of pyridine rings is 1. The molecule has 4 rings (SSSR count). The molecular weight excluding hydrogens is 328 g/mol. The maximum atomic E-state index is 5.78. The Morgan fingerprint density at radius 1 is 1.04 bits per heavy atom. The van der Waals surface area contributed by atoms with Crippen molar-refractivity contribution >= 4 is 17.9 Å². The minimum absolute atomic E-state index is 0.782.